The molecule has 2 aromatic rings. The van der Waals surface area contributed by atoms with E-state index in [0.717, 1.165) is 22.9 Å². The first-order chi connectivity index (χ1) is 15.3. The summed E-state index contributed by atoms with van der Waals surface area (Å²) in [5, 5.41) is 8.30. The molecule has 8 nitrogen and oxygen atoms in total. The Labute approximate surface area is 190 Å². The van der Waals surface area contributed by atoms with E-state index in [4.69, 9.17) is 4.74 Å². The first-order valence-electron chi connectivity index (χ1n) is 10.3. The Balaban J connectivity index is 1.82. The highest BCUT2D eigenvalue weighted by molar-refractivity contribution is 8.15. The van der Waals surface area contributed by atoms with Crippen LogP contribution < -0.4 is 15.0 Å². The van der Waals surface area contributed by atoms with Gasteiger partial charge in [-0.3, -0.25) is 14.4 Å². The van der Waals surface area contributed by atoms with Crippen LogP contribution in [0, 0.1) is 6.92 Å². The minimum absolute atomic E-state index is 0.213. The Kier molecular flexibility index (Phi) is 5.68. The monoisotopic (exact) mass is 452 g/mol. The number of carbonyl (C=O) groups excluding carboxylic acids is 3. The van der Waals surface area contributed by atoms with Crippen molar-refractivity contribution in [1.82, 2.24) is 10.3 Å². The molecular weight excluding hydrogens is 428 g/mol. The minimum Gasteiger partial charge on any atom is -0.494 e. The largest absolute Gasteiger partial charge is 0.494 e. The second-order valence-corrected chi connectivity index (χ2v) is 8.80. The minimum atomic E-state index is -1.41. The van der Waals surface area contributed by atoms with E-state index in [0.29, 0.717) is 23.6 Å². The third-order valence-electron chi connectivity index (χ3n) is 5.26. The van der Waals surface area contributed by atoms with Crippen molar-refractivity contribution in [2.75, 3.05) is 11.5 Å². The summed E-state index contributed by atoms with van der Waals surface area (Å²) >= 11 is 1.07. The molecule has 3 amide bonds. The van der Waals surface area contributed by atoms with Gasteiger partial charge in [0.15, 0.2) is 5.17 Å². The number of amides is 3. The Hall–Kier alpha value is -3.33. The van der Waals surface area contributed by atoms with Crippen LogP contribution in [0.1, 0.15) is 37.5 Å². The molecular formula is C23H24N4O4S. The molecule has 0 radical (unpaired) electrons. The zero-order chi connectivity index (χ0) is 23.0. The number of hydrazone groups is 1. The Morgan fingerprint density at radius 1 is 1.19 bits per heavy atom. The van der Waals surface area contributed by atoms with Crippen LogP contribution in [0.5, 0.6) is 5.75 Å². The molecule has 1 spiro atoms. The lowest BCUT2D eigenvalue weighted by Gasteiger charge is -2.29. The van der Waals surface area contributed by atoms with Gasteiger partial charge in [0.25, 0.3) is 5.91 Å². The predicted octanol–water partition coefficient (Wildman–Crippen LogP) is 3.10. The topological polar surface area (TPSA) is 91.3 Å². The fourth-order valence-corrected chi connectivity index (χ4v) is 5.31. The van der Waals surface area contributed by atoms with Crippen LogP contribution in [0.25, 0.3) is 0 Å². The zero-order valence-corrected chi connectivity index (χ0v) is 19.2. The number of nitrogens with zero attached hydrogens (tertiary/aromatic N) is 3. The van der Waals surface area contributed by atoms with E-state index >= 15 is 0 Å². The molecule has 0 aromatic heterocycles. The average Bonchev–Trinajstić information content (AvgIpc) is 3.22. The lowest BCUT2D eigenvalue weighted by atomic mass is 10.0. The quantitative estimate of drug-likeness (QED) is 0.770. The highest BCUT2D eigenvalue weighted by Crippen LogP contribution is 2.55. The smallest absolute Gasteiger partial charge is 0.271 e. The van der Waals surface area contributed by atoms with Crippen LogP contribution in [0.15, 0.2) is 47.6 Å². The van der Waals surface area contributed by atoms with Gasteiger partial charge in [0.05, 0.1) is 18.8 Å². The molecule has 0 bridgehead atoms. The lowest BCUT2D eigenvalue weighted by Crippen LogP contribution is -2.48. The van der Waals surface area contributed by atoms with Crippen molar-refractivity contribution in [3.05, 3.63) is 59.2 Å². The van der Waals surface area contributed by atoms with Crippen LogP contribution in [0.2, 0.25) is 0 Å². The van der Waals surface area contributed by atoms with Crippen molar-refractivity contribution in [2.45, 2.75) is 39.1 Å². The lowest BCUT2D eigenvalue weighted by molar-refractivity contribution is -0.139. The predicted molar refractivity (Wildman–Crippen MR) is 123 cm³/mol. The number of amidine groups is 1. The highest BCUT2D eigenvalue weighted by atomic mass is 32.2. The molecule has 9 heteroatoms. The summed E-state index contributed by atoms with van der Waals surface area (Å²) in [7, 11) is 0. The number of hydrogen-bond acceptors (Lipinski definition) is 6. The number of benzene rings is 2. The third-order valence-corrected chi connectivity index (χ3v) is 6.50. The van der Waals surface area contributed by atoms with E-state index in [1.807, 2.05) is 56.3 Å². The van der Waals surface area contributed by atoms with Gasteiger partial charge in [0, 0.05) is 25.0 Å². The fourth-order valence-electron chi connectivity index (χ4n) is 3.98. The molecule has 1 N–H and O–H groups in total. The highest BCUT2D eigenvalue weighted by Gasteiger charge is 2.61. The maximum absolute atomic E-state index is 14.0. The second kappa shape index (κ2) is 8.31. The summed E-state index contributed by atoms with van der Waals surface area (Å²) in [6.07, 6.45) is 0. The van der Waals surface area contributed by atoms with Crippen LogP contribution in [-0.2, 0) is 25.8 Å². The third kappa shape index (κ3) is 3.52. The van der Waals surface area contributed by atoms with Gasteiger partial charge in [-0.2, -0.15) is 5.01 Å². The number of nitrogens with one attached hydrogen (secondary N) is 1. The molecule has 0 aliphatic carbocycles. The van der Waals surface area contributed by atoms with Crippen molar-refractivity contribution in [3.63, 3.8) is 0 Å². The summed E-state index contributed by atoms with van der Waals surface area (Å²) in [6, 6.07) is 13.3. The van der Waals surface area contributed by atoms with E-state index in [1.54, 1.807) is 4.90 Å². The van der Waals surface area contributed by atoms with Crippen molar-refractivity contribution in [3.8, 4) is 5.75 Å². The molecule has 0 fully saturated rings. The number of aryl methyl sites for hydroxylation is 1. The number of thioether (sulfide) groups is 1. The maximum Gasteiger partial charge on any atom is 0.271 e. The number of anilines is 1. The molecule has 1 atom stereocenters. The van der Waals surface area contributed by atoms with Gasteiger partial charge in [-0.15, -0.1) is 5.10 Å². The first-order valence-corrected chi connectivity index (χ1v) is 11.1. The normalized spacial score (nSPS) is 19.2. The van der Waals surface area contributed by atoms with Gasteiger partial charge in [-0.25, -0.2) is 0 Å². The van der Waals surface area contributed by atoms with Gasteiger partial charge in [0.2, 0.25) is 16.7 Å². The van der Waals surface area contributed by atoms with Gasteiger partial charge in [-0.05, 0) is 37.7 Å². The van der Waals surface area contributed by atoms with Crippen LogP contribution >= 0.6 is 11.8 Å². The molecule has 166 valence electrons. The summed E-state index contributed by atoms with van der Waals surface area (Å²) in [4.78, 5) is 38.5. The SMILES string of the molecule is CCOc1ccccc1CN1C(=O)C2(SC(NC(C)=O)=NN2C(C)=O)c2cc(C)ccc21. The van der Waals surface area contributed by atoms with Gasteiger partial charge < -0.3 is 15.0 Å². The Bertz CT molecular complexity index is 1150. The van der Waals surface area contributed by atoms with E-state index in [-0.39, 0.29) is 23.5 Å². The zero-order valence-electron chi connectivity index (χ0n) is 18.3. The summed E-state index contributed by atoms with van der Waals surface area (Å²) < 4.78 is 5.75. The Morgan fingerprint density at radius 3 is 2.62 bits per heavy atom. The molecule has 2 aliphatic rings. The summed E-state index contributed by atoms with van der Waals surface area (Å²) in [5.41, 5.74) is 3.17. The summed E-state index contributed by atoms with van der Waals surface area (Å²) in [5.74, 6) is -0.312. The standard InChI is InChI=1S/C23H24N4O4S/c1-5-31-20-9-7-6-8-17(20)13-26-19-11-10-14(2)12-18(19)23(21(26)30)27(16(4)29)25-22(32-23)24-15(3)28/h6-12H,5,13H2,1-4H3,(H,24,25,28). The van der Waals surface area contributed by atoms with Crippen LogP contribution in [-0.4, -0.2) is 34.5 Å². The van der Waals surface area contributed by atoms with Gasteiger partial charge in [0.1, 0.15) is 5.75 Å². The number of carbonyl (C=O) groups is 3. The van der Waals surface area contributed by atoms with E-state index < -0.39 is 10.8 Å². The van der Waals surface area contributed by atoms with Crippen molar-refractivity contribution >= 4 is 40.3 Å². The van der Waals surface area contributed by atoms with E-state index in [9.17, 15) is 14.4 Å². The molecule has 32 heavy (non-hydrogen) atoms. The van der Waals surface area contributed by atoms with Gasteiger partial charge >= 0.3 is 0 Å². The van der Waals surface area contributed by atoms with Crippen molar-refractivity contribution < 1.29 is 19.1 Å². The first kappa shape index (κ1) is 21.9. The molecule has 0 saturated carbocycles. The number of para-hydroxylation sites is 1. The van der Waals surface area contributed by atoms with Crippen molar-refractivity contribution in [1.29, 1.82) is 0 Å². The maximum atomic E-state index is 14.0. The van der Waals surface area contributed by atoms with Crippen LogP contribution in [0.4, 0.5) is 5.69 Å². The number of hydrogen-bond donors (Lipinski definition) is 1. The average molecular weight is 453 g/mol. The van der Waals surface area contributed by atoms with E-state index in [2.05, 4.69) is 10.4 Å². The number of ether oxygens (including phenoxy) is 1. The number of rotatable bonds is 4. The van der Waals surface area contributed by atoms with Crippen LogP contribution in [0.3, 0.4) is 0 Å². The molecule has 0 saturated heterocycles. The summed E-state index contributed by atoms with van der Waals surface area (Å²) in [6.45, 7) is 7.33. The van der Waals surface area contributed by atoms with Gasteiger partial charge in [-0.1, -0.05) is 35.9 Å². The molecule has 2 aromatic carbocycles. The molecule has 2 heterocycles. The molecule has 1 unspecified atom stereocenters. The Morgan fingerprint density at radius 2 is 1.94 bits per heavy atom. The van der Waals surface area contributed by atoms with E-state index in [1.165, 1.54) is 18.9 Å². The van der Waals surface area contributed by atoms with Crippen molar-refractivity contribution in [2.24, 2.45) is 5.10 Å². The molecule has 2 aliphatic heterocycles. The fraction of sp³-hybridized carbons (Fsp3) is 0.304. The number of fused-ring (bicyclic) bond motifs is 2. The second-order valence-electron chi connectivity index (χ2n) is 7.62. The molecule has 4 rings (SSSR count).